The largest absolute Gasteiger partial charge is 0.354 e. The van der Waals surface area contributed by atoms with Gasteiger partial charge in [-0.3, -0.25) is 9.89 Å². The van der Waals surface area contributed by atoms with Crippen molar-refractivity contribution < 1.29 is 9.59 Å². The van der Waals surface area contributed by atoms with Crippen LogP contribution < -0.4 is 10.6 Å². The number of urea groups is 1. The average molecular weight is 368 g/mol. The molecule has 7 nitrogen and oxygen atoms in total. The Morgan fingerprint density at radius 2 is 2.12 bits per heavy atom. The Balaban J connectivity index is 1.76. The number of nitrogens with one attached hydrogen (secondary N) is 3. The molecule has 0 fully saturated rings. The lowest BCUT2D eigenvalue weighted by Gasteiger charge is -2.27. The molecule has 0 aliphatic carbocycles. The third kappa shape index (κ3) is 3.18. The molecule has 2 aromatic rings. The molecule has 126 valence electrons. The van der Waals surface area contributed by atoms with E-state index >= 15 is 0 Å². The Labute approximate surface area is 148 Å². The summed E-state index contributed by atoms with van der Waals surface area (Å²) in [7, 11) is 1.54. The van der Waals surface area contributed by atoms with E-state index in [-0.39, 0.29) is 11.9 Å². The number of rotatable bonds is 2. The van der Waals surface area contributed by atoms with Crippen molar-refractivity contribution in [2.75, 3.05) is 18.9 Å². The number of nitrogens with zero attached hydrogens (tertiary/aromatic N) is 2. The Morgan fingerprint density at radius 3 is 2.83 bits per heavy atom. The minimum atomic E-state index is -0.297. The van der Waals surface area contributed by atoms with Crippen LogP contribution in [0.1, 0.15) is 21.7 Å². The number of carbonyl (C=O) groups is 2. The highest BCUT2D eigenvalue weighted by atomic mass is 35.5. The number of amides is 3. The average Bonchev–Trinajstić information content (AvgIpc) is 2.99. The standard InChI is InChI=1S/C15H15Cl2N5O2/c1-18-14(23)13-9-7-22(5-4-11(9)20-21-13)15(24)19-12-3-2-8(16)6-10(12)17/h2-3,6H,4-5,7H2,1H3,(H,18,23)(H,19,24)(H,20,21). The van der Waals surface area contributed by atoms with Gasteiger partial charge in [0, 0.05) is 36.3 Å². The van der Waals surface area contributed by atoms with E-state index in [1.54, 1.807) is 30.1 Å². The SMILES string of the molecule is CNC(=O)c1n[nH]c2c1CN(C(=O)Nc1ccc(Cl)cc1Cl)CC2. The zero-order valence-electron chi connectivity index (χ0n) is 12.8. The first-order valence-corrected chi connectivity index (χ1v) is 8.04. The maximum atomic E-state index is 12.5. The van der Waals surface area contributed by atoms with Crippen LogP contribution in [-0.4, -0.2) is 40.6 Å². The molecule has 0 unspecified atom stereocenters. The Kier molecular flexibility index (Phi) is 4.64. The molecule has 1 aromatic heterocycles. The number of hydrogen-bond acceptors (Lipinski definition) is 3. The molecule has 0 saturated heterocycles. The van der Waals surface area contributed by atoms with Gasteiger partial charge in [0.2, 0.25) is 0 Å². The van der Waals surface area contributed by atoms with Crippen molar-refractivity contribution in [3.63, 3.8) is 0 Å². The van der Waals surface area contributed by atoms with Gasteiger partial charge in [-0.2, -0.15) is 5.10 Å². The summed E-state index contributed by atoms with van der Waals surface area (Å²) < 4.78 is 0. The van der Waals surface area contributed by atoms with Crippen LogP contribution in [0.5, 0.6) is 0 Å². The van der Waals surface area contributed by atoms with E-state index in [0.717, 1.165) is 11.3 Å². The Bertz CT molecular complexity index is 805. The molecule has 24 heavy (non-hydrogen) atoms. The predicted molar refractivity (Wildman–Crippen MR) is 91.6 cm³/mol. The van der Waals surface area contributed by atoms with Gasteiger partial charge < -0.3 is 15.5 Å². The van der Waals surface area contributed by atoms with E-state index in [1.807, 2.05) is 0 Å². The number of hydrogen-bond donors (Lipinski definition) is 3. The van der Waals surface area contributed by atoms with Gasteiger partial charge in [0.15, 0.2) is 5.69 Å². The molecule has 3 amide bonds. The lowest BCUT2D eigenvalue weighted by molar-refractivity contribution is 0.0956. The van der Waals surface area contributed by atoms with E-state index < -0.39 is 0 Å². The number of halogens is 2. The number of carbonyl (C=O) groups excluding carboxylic acids is 2. The van der Waals surface area contributed by atoms with Gasteiger partial charge in [0.25, 0.3) is 5.91 Å². The monoisotopic (exact) mass is 367 g/mol. The number of aromatic nitrogens is 2. The third-order valence-corrected chi connectivity index (χ3v) is 4.38. The fraction of sp³-hybridized carbons (Fsp3) is 0.267. The summed E-state index contributed by atoms with van der Waals surface area (Å²) >= 11 is 11.9. The topological polar surface area (TPSA) is 90.1 Å². The number of fused-ring (bicyclic) bond motifs is 1. The highest BCUT2D eigenvalue weighted by Gasteiger charge is 2.27. The molecule has 2 heterocycles. The van der Waals surface area contributed by atoms with Gasteiger partial charge in [-0.1, -0.05) is 23.2 Å². The van der Waals surface area contributed by atoms with Crippen molar-refractivity contribution in [1.82, 2.24) is 20.4 Å². The molecule has 0 radical (unpaired) electrons. The summed E-state index contributed by atoms with van der Waals surface area (Å²) in [5.74, 6) is -0.282. The number of benzene rings is 1. The van der Waals surface area contributed by atoms with Gasteiger partial charge in [-0.25, -0.2) is 4.79 Å². The molecule has 0 spiro atoms. The molecule has 1 aliphatic rings. The molecule has 3 rings (SSSR count). The van der Waals surface area contributed by atoms with Crippen LogP contribution in [0.25, 0.3) is 0 Å². The molecule has 1 aliphatic heterocycles. The van der Waals surface area contributed by atoms with E-state index in [9.17, 15) is 9.59 Å². The second-order valence-electron chi connectivity index (χ2n) is 5.33. The fourth-order valence-electron chi connectivity index (χ4n) is 2.56. The normalized spacial score (nSPS) is 13.4. The van der Waals surface area contributed by atoms with Crippen molar-refractivity contribution in [3.05, 3.63) is 45.2 Å². The minimum absolute atomic E-state index is 0.282. The van der Waals surface area contributed by atoms with Crippen LogP contribution >= 0.6 is 23.2 Å². The van der Waals surface area contributed by atoms with Crippen molar-refractivity contribution in [1.29, 1.82) is 0 Å². The van der Waals surface area contributed by atoms with Crippen LogP contribution in [0, 0.1) is 0 Å². The van der Waals surface area contributed by atoms with Crippen molar-refractivity contribution in [2.45, 2.75) is 13.0 Å². The Morgan fingerprint density at radius 1 is 1.33 bits per heavy atom. The molecule has 0 atom stereocenters. The summed E-state index contributed by atoms with van der Waals surface area (Å²) in [4.78, 5) is 25.9. The molecule has 9 heteroatoms. The van der Waals surface area contributed by atoms with E-state index in [4.69, 9.17) is 23.2 Å². The zero-order chi connectivity index (χ0) is 17.3. The van der Waals surface area contributed by atoms with Crippen LogP contribution in [0.4, 0.5) is 10.5 Å². The summed E-state index contributed by atoms with van der Waals surface area (Å²) in [5.41, 5.74) is 2.41. The zero-order valence-corrected chi connectivity index (χ0v) is 14.3. The summed E-state index contributed by atoms with van der Waals surface area (Å²) in [6, 6.07) is 4.56. The lowest BCUT2D eigenvalue weighted by Crippen LogP contribution is -2.39. The summed E-state index contributed by atoms with van der Waals surface area (Å²) in [6.45, 7) is 0.811. The van der Waals surface area contributed by atoms with Crippen molar-refractivity contribution in [3.8, 4) is 0 Å². The van der Waals surface area contributed by atoms with Crippen LogP contribution in [0.15, 0.2) is 18.2 Å². The van der Waals surface area contributed by atoms with Crippen molar-refractivity contribution in [2.24, 2.45) is 0 Å². The number of H-pyrrole nitrogens is 1. The predicted octanol–water partition coefficient (Wildman–Crippen LogP) is 2.67. The van der Waals surface area contributed by atoms with Gasteiger partial charge in [0.1, 0.15) is 0 Å². The van der Waals surface area contributed by atoms with E-state index in [0.29, 0.717) is 40.9 Å². The maximum Gasteiger partial charge on any atom is 0.322 e. The van der Waals surface area contributed by atoms with Crippen LogP contribution in [-0.2, 0) is 13.0 Å². The minimum Gasteiger partial charge on any atom is -0.354 e. The first-order chi connectivity index (χ1) is 11.5. The van der Waals surface area contributed by atoms with Gasteiger partial charge in [-0.05, 0) is 18.2 Å². The van der Waals surface area contributed by atoms with E-state index in [1.165, 1.54) is 0 Å². The highest BCUT2D eigenvalue weighted by molar-refractivity contribution is 6.36. The molecular weight excluding hydrogens is 353 g/mol. The van der Waals surface area contributed by atoms with Crippen molar-refractivity contribution >= 4 is 40.8 Å². The lowest BCUT2D eigenvalue weighted by atomic mass is 10.1. The summed E-state index contributed by atoms with van der Waals surface area (Å²) in [6.07, 6.45) is 0.598. The van der Waals surface area contributed by atoms with Crippen LogP contribution in [0.3, 0.4) is 0 Å². The molecule has 3 N–H and O–H groups in total. The molecular formula is C15H15Cl2N5O2. The van der Waals surface area contributed by atoms with Gasteiger partial charge >= 0.3 is 6.03 Å². The number of anilines is 1. The molecule has 1 aromatic carbocycles. The fourth-order valence-corrected chi connectivity index (χ4v) is 3.02. The van der Waals surface area contributed by atoms with Gasteiger partial charge in [0.05, 0.1) is 17.3 Å². The summed E-state index contributed by atoms with van der Waals surface area (Å²) in [5, 5.41) is 13.1. The first kappa shape index (κ1) is 16.6. The second kappa shape index (κ2) is 6.70. The molecule has 0 saturated carbocycles. The first-order valence-electron chi connectivity index (χ1n) is 7.28. The molecule has 0 bridgehead atoms. The highest BCUT2D eigenvalue weighted by Crippen LogP contribution is 2.26. The Hall–Kier alpha value is -2.25. The van der Waals surface area contributed by atoms with E-state index in [2.05, 4.69) is 20.8 Å². The quantitative estimate of drug-likeness (QED) is 0.761. The number of aromatic amines is 1. The van der Waals surface area contributed by atoms with Crippen LogP contribution in [0.2, 0.25) is 10.0 Å². The van der Waals surface area contributed by atoms with Gasteiger partial charge in [-0.15, -0.1) is 0 Å². The maximum absolute atomic E-state index is 12.5. The second-order valence-corrected chi connectivity index (χ2v) is 6.18. The third-order valence-electron chi connectivity index (χ3n) is 3.84. The smallest absolute Gasteiger partial charge is 0.322 e.